The first-order valence-electron chi connectivity index (χ1n) is 5.01. The fraction of sp³-hybridized carbons (Fsp3) is 0.417. The molecule has 4 heteroatoms. The van der Waals surface area contributed by atoms with Gasteiger partial charge in [0.15, 0.2) is 0 Å². The summed E-state index contributed by atoms with van der Waals surface area (Å²) in [6, 6.07) is 6.05. The summed E-state index contributed by atoms with van der Waals surface area (Å²) in [5.41, 5.74) is 0.299. The number of benzene rings is 1. The molecule has 0 aliphatic rings. The Bertz CT molecular complexity index is 383. The van der Waals surface area contributed by atoms with Crippen LogP contribution in [-0.4, -0.2) is 11.1 Å². The largest absolute Gasteiger partial charge is 0.481 e. The first-order valence-corrected chi connectivity index (χ1v) is 5.01. The Morgan fingerprint density at radius 3 is 2.50 bits per heavy atom. The van der Waals surface area contributed by atoms with Gasteiger partial charge in [0.1, 0.15) is 0 Å². The lowest BCUT2D eigenvalue weighted by atomic mass is 9.94. The van der Waals surface area contributed by atoms with Crippen molar-refractivity contribution in [2.24, 2.45) is 5.92 Å². The van der Waals surface area contributed by atoms with Gasteiger partial charge in [-0.25, -0.2) is 8.78 Å². The number of carbonyl (C=O) groups is 1. The van der Waals surface area contributed by atoms with E-state index >= 15 is 0 Å². The van der Waals surface area contributed by atoms with Crippen LogP contribution in [0.3, 0.4) is 0 Å². The molecular formula is C12H14F2O2. The number of hydrogen-bond acceptors (Lipinski definition) is 1. The molecule has 0 saturated heterocycles. The van der Waals surface area contributed by atoms with E-state index in [1.807, 2.05) is 0 Å². The first kappa shape index (κ1) is 12.6. The molecule has 0 aliphatic heterocycles. The third-order valence-corrected chi connectivity index (χ3v) is 2.44. The summed E-state index contributed by atoms with van der Waals surface area (Å²) in [4.78, 5) is 10.7. The summed E-state index contributed by atoms with van der Waals surface area (Å²) in [5.74, 6) is -4.58. The van der Waals surface area contributed by atoms with Gasteiger partial charge in [0.2, 0.25) is 0 Å². The summed E-state index contributed by atoms with van der Waals surface area (Å²) in [7, 11) is 0. The van der Waals surface area contributed by atoms with Gasteiger partial charge in [-0.1, -0.05) is 31.2 Å². The lowest BCUT2D eigenvalue weighted by Gasteiger charge is -2.16. The van der Waals surface area contributed by atoms with Gasteiger partial charge < -0.3 is 5.11 Å². The minimum absolute atomic E-state index is 0.0944. The Balaban J connectivity index is 3.01. The molecule has 0 amide bonds. The van der Waals surface area contributed by atoms with Crippen LogP contribution >= 0.6 is 0 Å². The standard InChI is InChI=1S/C12H14F2O2/c1-8(11(15)16)7-9-5-3-4-6-10(9)12(2,13)14/h3-6,8H,7H2,1-2H3,(H,15,16). The molecule has 16 heavy (non-hydrogen) atoms. The van der Waals surface area contributed by atoms with Crippen LogP contribution in [0.2, 0.25) is 0 Å². The molecule has 1 rings (SSSR count). The molecule has 0 aliphatic carbocycles. The highest BCUT2D eigenvalue weighted by Gasteiger charge is 2.28. The van der Waals surface area contributed by atoms with Crippen molar-refractivity contribution in [2.75, 3.05) is 0 Å². The molecule has 2 nitrogen and oxygen atoms in total. The van der Waals surface area contributed by atoms with E-state index in [-0.39, 0.29) is 12.0 Å². The maximum absolute atomic E-state index is 13.2. The second-order valence-corrected chi connectivity index (χ2v) is 3.99. The SMILES string of the molecule is CC(Cc1ccccc1C(C)(F)F)C(=O)O. The minimum Gasteiger partial charge on any atom is -0.481 e. The normalized spacial score (nSPS) is 13.5. The molecule has 0 fully saturated rings. The van der Waals surface area contributed by atoms with Crippen molar-refractivity contribution >= 4 is 5.97 Å². The van der Waals surface area contributed by atoms with Gasteiger partial charge in [-0.2, -0.15) is 0 Å². The molecule has 1 aromatic carbocycles. The fourth-order valence-corrected chi connectivity index (χ4v) is 1.54. The third kappa shape index (κ3) is 3.02. The Morgan fingerprint density at radius 2 is 2.00 bits per heavy atom. The minimum atomic E-state index is -2.94. The van der Waals surface area contributed by atoms with Gasteiger partial charge in [-0.15, -0.1) is 0 Å². The molecule has 1 unspecified atom stereocenters. The highest BCUT2D eigenvalue weighted by Crippen LogP contribution is 2.30. The predicted octanol–water partition coefficient (Wildman–Crippen LogP) is 3.06. The number of rotatable bonds is 4. The van der Waals surface area contributed by atoms with Crippen molar-refractivity contribution in [3.05, 3.63) is 35.4 Å². The van der Waals surface area contributed by atoms with E-state index in [4.69, 9.17) is 5.11 Å². The average molecular weight is 228 g/mol. The molecule has 0 bridgehead atoms. The van der Waals surface area contributed by atoms with E-state index in [1.165, 1.54) is 19.1 Å². The number of halogens is 2. The average Bonchev–Trinajstić information content (AvgIpc) is 2.16. The summed E-state index contributed by atoms with van der Waals surface area (Å²) in [5, 5.41) is 8.75. The van der Waals surface area contributed by atoms with Crippen LogP contribution in [-0.2, 0) is 17.1 Å². The molecule has 1 atom stereocenters. The summed E-state index contributed by atoms with van der Waals surface area (Å²) in [6.07, 6.45) is 0.120. The lowest BCUT2D eigenvalue weighted by Crippen LogP contribution is -2.16. The van der Waals surface area contributed by atoms with Crippen LogP contribution in [0, 0.1) is 5.92 Å². The van der Waals surface area contributed by atoms with E-state index in [0.717, 1.165) is 6.92 Å². The van der Waals surface area contributed by atoms with Gasteiger partial charge in [-0.05, 0) is 12.0 Å². The Labute approximate surface area is 92.9 Å². The van der Waals surface area contributed by atoms with Crippen molar-refractivity contribution < 1.29 is 18.7 Å². The van der Waals surface area contributed by atoms with Crippen molar-refractivity contribution in [3.8, 4) is 0 Å². The highest BCUT2D eigenvalue weighted by molar-refractivity contribution is 5.70. The Morgan fingerprint density at radius 1 is 1.44 bits per heavy atom. The molecule has 88 valence electrons. The van der Waals surface area contributed by atoms with Crippen LogP contribution in [0.4, 0.5) is 8.78 Å². The van der Waals surface area contributed by atoms with Crippen molar-refractivity contribution in [3.63, 3.8) is 0 Å². The van der Waals surface area contributed by atoms with Crippen LogP contribution < -0.4 is 0 Å². The van der Waals surface area contributed by atoms with Crippen LogP contribution in [0.25, 0.3) is 0 Å². The van der Waals surface area contributed by atoms with E-state index in [9.17, 15) is 13.6 Å². The second kappa shape index (κ2) is 4.60. The Hall–Kier alpha value is -1.45. The van der Waals surface area contributed by atoms with Gasteiger partial charge in [0, 0.05) is 12.5 Å². The van der Waals surface area contributed by atoms with E-state index in [2.05, 4.69) is 0 Å². The topological polar surface area (TPSA) is 37.3 Å². The lowest BCUT2D eigenvalue weighted by molar-refractivity contribution is -0.141. The molecule has 1 aromatic rings. The first-order chi connectivity index (χ1) is 7.32. The van der Waals surface area contributed by atoms with Gasteiger partial charge >= 0.3 is 5.97 Å². The van der Waals surface area contributed by atoms with Crippen LogP contribution in [0.1, 0.15) is 25.0 Å². The zero-order valence-corrected chi connectivity index (χ0v) is 9.21. The second-order valence-electron chi connectivity index (χ2n) is 3.99. The smallest absolute Gasteiger partial charge is 0.306 e. The van der Waals surface area contributed by atoms with Gasteiger partial charge in [0.25, 0.3) is 5.92 Å². The number of aliphatic carboxylic acids is 1. The number of alkyl halides is 2. The summed E-state index contributed by atoms with van der Waals surface area (Å²) >= 11 is 0. The molecule has 1 N–H and O–H groups in total. The molecule has 0 aromatic heterocycles. The summed E-state index contributed by atoms with van der Waals surface area (Å²) < 4.78 is 26.4. The van der Waals surface area contributed by atoms with Gasteiger partial charge in [-0.3, -0.25) is 4.79 Å². The molecule has 0 spiro atoms. The monoisotopic (exact) mass is 228 g/mol. The highest BCUT2D eigenvalue weighted by atomic mass is 19.3. The molecule has 0 radical (unpaired) electrons. The fourth-order valence-electron chi connectivity index (χ4n) is 1.54. The maximum Gasteiger partial charge on any atom is 0.306 e. The summed E-state index contributed by atoms with van der Waals surface area (Å²) in [6.45, 7) is 2.32. The van der Waals surface area contributed by atoms with E-state index in [1.54, 1.807) is 12.1 Å². The van der Waals surface area contributed by atoms with Crippen LogP contribution in [0.5, 0.6) is 0 Å². The van der Waals surface area contributed by atoms with Crippen molar-refractivity contribution in [1.29, 1.82) is 0 Å². The quantitative estimate of drug-likeness (QED) is 0.859. The molecule has 0 heterocycles. The van der Waals surface area contributed by atoms with E-state index < -0.39 is 17.8 Å². The predicted molar refractivity (Wildman–Crippen MR) is 56.5 cm³/mol. The van der Waals surface area contributed by atoms with Crippen molar-refractivity contribution in [2.45, 2.75) is 26.2 Å². The van der Waals surface area contributed by atoms with Crippen molar-refractivity contribution in [1.82, 2.24) is 0 Å². The Kier molecular flexibility index (Phi) is 3.62. The van der Waals surface area contributed by atoms with Gasteiger partial charge in [0.05, 0.1) is 5.92 Å². The van der Waals surface area contributed by atoms with Crippen LogP contribution in [0.15, 0.2) is 24.3 Å². The zero-order valence-electron chi connectivity index (χ0n) is 9.21. The van der Waals surface area contributed by atoms with E-state index in [0.29, 0.717) is 5.56 Å². The zero-order chi connectivity index (χ0) is 12.3. The maximum atomic E-state index is 13.2. The number of carboxylic acid groups (broad SMARTS) is 1. The molecular weight excluding hydrogens is 214 g/mol. The number of hydrogen-bond donors (Lipinski definition) is 1. The number of carboxylic acids is 1. The third-order valence-electron chi connectivity index (χ3n) is 2.44. The molecule has 0 saturated carbocycles.